The van der Waals surface area contributed by atoms with Crippen molar-refractivity contribution in [2.24, 2.45) is 0 Å². The highest BCUT2D eigenvalue weighted by Crippen LogP contribution is 2.19. The van der Waals surface area contributed by atoms with Gasteiger partial charge in [0.2, 0.25) is 15.9 Å². The molecule has 1 atom stereocenters. The lowest BCUT2D eigenvalue weighted by Gasteiger charge is -2.23. The summed E-state index contributed by atoms with van der Waals surface area (Å²) < 4.78 is 33.6. The third kappa shape index (κ3) is 3.39. The molecule has 0 bridgehead atoms. The maximum Gasteiger partial charge on any atom is 0.214 e. The minimum absolute atomic E-state index is 0.0307. The first kappa shape index (κ1) is 16.4. The summed E-state index contributed by atoms with van der Waals surface area (Å²) >= 11 is 0. The van der Waals surface area contributed by atoms with E-state index in [1.165, 1.54) is 10.5 Å². The Labute approximate surface area is 140 Å². The Morgan fingerprint density at radius 2 is 2.21 bits per heavy atom. The molecule has 1 aliphatic heterocycles. The fourth-order valence-electron chi connectivity index (χ4n) is 2.54. The van der Waals surface area contributed by atoms with Gasteiger partial charge in [0.15, 0.2) is 0 Å². The summed E-state index contributed by atoms with van der Waals surface area (Å²) in [5, 5.41) is 13.0. The summed E-state index contributed by atoms with van der Waals surface area (Å²) in [6.07, 6.45) is 2.65. The average molecular weight is 347 g/mol. The lowest BCUT2D eigenvalue weighted by Crippen LogP contribution is -2.39. The largest absolute Gasteiger partial charge is 0.471 e. The SMILES string of the molecule is CCS(=O)(=O)N1Cc2ccnn2C[C@@H](Oc2ccc(C#N)cn2)C1. The third-order valence-corrected chi connectivity index (χ3v) is 5.63. The number of hydrogen-bond donors (Lipinski definition) is 0. The van der Waals surface area contributed by atoms with Crippen molar-refractivity contribution >= 4 is 10.0 Å². The first-order chi connectivity index (χ1) is 11.5. The van der Waals surface area contributed by atoms with E-state index in [1.54, 1.807) is 36.0 Å². The van der Waals surface area contributed by atoms with Crippen molar-refractivity contribution in [1.29, 1.82) is 5.26 Å². The lowest BCUT2D eigenvalue weighted by molar-refractivity contribution is 0.151. The number of rotatable bonds is 4. The number of aromatic nitrogens is 3. The summed E-state index contributed by atoms with van der Waals surface area (Å²) in [5.74, 6) is 0.381. The van der Waals surface area contributed by atoms with E-state index in [9.17, 15) is 8.42 Å². The molecule has 0 spiro atoms. The Morgan fingerprint density at radius 1 is 1.38 bits per heavy atom. The molecule has 0 saturated carbocycles. The Bertz CT molecular complexity index is 854. The summed E-state index contributed by atoms with van der Waals surface area (Å²) in [6.45, 7) is 2.55. The van der Waals surface area contributed by atoms with Crippen molar-refractivity contribution < 1.29 is 13.2 Å². The molecule has 0 amide bonds. The maximum absolute atomic E-state index is 12.3. The van der Waals surface area contributed by atoms with E-state index in [2.05, 4.69) is 10.1 Å². The first-order valence-electron chi connectivity index (χ1n) is 7.53. The minimum Gasteiger partial charge on any atom is -0.471 e. The maximum atomic E-state index is 12.3. The Morgan fingerprint density at radius 3 is 2.88 bits per heavy atom. The van der Waals surface area contributed by atoms with Crippen molar-refractivity contribution in [3.8, 4) is 11.9 Å². The van der Waals surface area contributed by atoms with Crippen molar-refractivity contribution in [2.75, 3.05) is 12.3 Å². The minimum atomic E-state index is -3.35. The number of nitriles is 1. The zero-order chi connectivity index (χ0) is 17.2. The van der Waals surface area contributed by atoms with Crippen LogP contribution in [0.5, 0.6) is 5.88 Å². The molecule has 0 unspecified atom stereocenters. The second kappa shape index (κ2) is 6.59. The van der Waals surface area contributed by atoms with Gasteiger partial charge in [-0.3, -0.25) is 4.68 Å². The predicted octanol–water partition coefficient (Wildman–Crippen LogP) is 0.763. The van der Waals surface area contributed by atoms with Crippen LogP contribution in [0.25, 0.3) is 0 Å². The van der Waals surface area contributed by atoms with Crippen LogP contribution in [0.15, 0.2) is 30.6 Å². The number of nitrogens with zero attached hydrogens (tertiary/aromatic N) is 5. The van der Waals surface area contributed by atoms with Gasteiger partial charge in [-0.1, -0.05) is 0 Å². The number of sulfonamides is 1. The van der Waals surface area contributed by atoms with Crippen molar-refractivity contribution in [1.82, 2.24) is 19.1 Å². The molecule has 0 radical (unpaired) electrons. The van der Waals surface area contributed by atoms with Crippen LogP contribution >= 0.6 is 0 Å². The smallest absolute Gasteiger partial charge is 0.214 e. The van der Waals surface area contributed by atoms with E-state index in [0.717, 1.165) is 5.69 Å². The highest BCUT2D eigenvalue weighted by Gasteiger charge is 2.30. The van der Waals surface area contributed by atoms with Gasteiger partial charge in [-0.25, -0.2) is 13.4 Å². The van der Waals surface area contributed by atoms with E-state index in [4.69, 9.17) is 10.00 Å². The van der Waals surface area contributed by atoms with Gasteiger partial charge in [-0.15, -0.1) is 0 Å². The molecule has 0 saturated heterocycles. The molecule has 8 nitrogen and oxygen atoms in total. The fraction of sp³-hybridized carbons (Fsp3) is 0.400. The quantitative estimate of drug-likeness (QED) is 0.809. The molecule has 0 aliphatic carbocycles. The van der Waals surface area contributed by atoms with Gasteiger partial charge >= 0.3 is 0 Å². The monoisotopic (exact) mass is 347 g/mol. The van der Waals surface area contributed by atoms with Crippen molar-refractivity contribution in [2.45, 2.75) is 26.1 Å². The summed E-state index contributed by atoms with van der Waals surface area (Å²) in [6, 6.07) is 7.01. The van der Waals surface area contributed by atoms with E-state index in [0.29, 0.717) is 18.0 Å². The zero-order valence-electron chi connectivity index (χ0n) is 13.2. The molecule has 2 aromatic rings. The topological polar surface area (TPSA) is 101 Å². The molecule has 0 aromatic carbocycles. The Hall–Kier alpha value is -2.44. The molecular weight excluding hydrogens is 330 g/mol. The highest BCUT2D eigenvalue weighted by atomic mass is 32.2. The lowest BCUT2D eigenvalue weighted by atomic mass is 10.3. The molecule has 0 N–H and O–H groups in total. The van der Waals surface area contributed by atoms with Gasteiger partial charge < -0.3 is 4.74 Å². The third-order valence-electron chi connectivity index (χ3n) is 3.84. The van der Waals surface area contributed by atoms with Gasteiger partial charge in [-0.05, 0) is 19.1 Å². The number of pyridine rings is 1. The Kier molecular flexibility index (Phi) is 4.51. The summed E-state index contributed by atoms with van der Waals surface area (Å²) in [4.78, 5) is 4.08. The second-order valence-corrected chi connectivity index (χ2v) is 7.69. The van der Waals surface area contributed by atoms with Crippen LogP contribution in [0.1, 0.15) is 18.2 Å². The Balaban J connectivity index is 1.85. The number of hydrogen-bond acceptors (Lipinski definition) is 6. The molecule has 126 valence electrons. The zero-order valence-corrected chi connectivity index (χ0v) is 14.0. The molecule has 3 heterocycles. The second-order valence-electron chi connectivity index (χ2n) is 5.43. The average Bonchev–Trinajstić information content (AvgIpc) is 2.94. The van der Waals surface area contributed by atoms with Crippen LogP contribution < -0.4 is 4.74 Å². The van der Waals surface area contributed by atoms with E-state index in [1.807, 2.05) is 6.07 Å². The molecule has 3 rings (SSSR count). The molecule has 24 heavy (non-hydrogen) atoms. The van der Waals surface area contributed by atoms with E-state index >= 15 is 0 Å². The molecular formula is C15H17N5O3S. The predicted molar refractivity (Wildman–Crippen MR) is 85.5 cm³/mol. The first-order valence-corrected chi connectivity index (χ1v) is 9.14. The van der Waals surface area contributed by atoms with Crippen LogP contribution in [-0.2, 0) is 23.1 Å². The summed E-state index contributed by atoms with van der Waals surface area (Å²) in [7, 11) is -3.35. The van der Waals surface area contributed by atoms with Crippen LogP contribution in [-0.4, -0.2) is 45.9 Å². The molecule has 0 fully saturated rings. The van der Waals surface area contributed by atoms with Crippen molar-refractivity contribution in [3.63, 3.8) is 0 Å². The van der Waals surface area contributed by atoms with Gasteiger partial charge in [0, 0.05) is 18.5 Å². The highest BCUT2D eigenvalue weighted by molar-refractivity contribution is 7.89. The molecule has 2 aromatic heterocycles. The molecule has 9 heteroatoms. The van der Waals surface area contributed by atoms with E-state index in [-0.39, 0.29) is 18.8 Å². The van der Waals surface area contributed by atoms with Crippen LogP contribution in [0.3, 0.4) is 0 Å². The van der Waals surface area contributed by atoms with Crippen LogP contribution in [0, 0.1) is 11.3 Å². The van der Waals surface area contributed by atoms with E-state index < -0.39 is 16.1 Å². The van der Waals surface area contributed by atoms with Gasteiger partial charge in [0.05, 0.1) is 36.6 Å². The number of fused-ring (bicyclic) bond motifs is 1. The fourth-order valence-corrected chi connectivity index (χ4v) is 3.63. The van der Waals surface area contributed by atoms with Crippen molar-refractivity contribution in [3.05, 3.63) is 41.9 Å². The normalized spacial score (nSPS) is 18.4. The standard InChI is InChI=1S/C15H17N5O3S/c1-2-24(21,22)19-9-13-5-6-18-20(13)11-14(10-19)23-15-4-3-12(7-16)8-17-15/h3-6,8,14H,2,9-11H2,1H3/t14-/m0/s1. The van der Waals surface area contributed by atoms with Crippen LogP contribution in [0.4, 0.5) is 0 Å². The molecule has 1 aliphatic rings. The van der Waals surface area contributed by atoms with Gasteiger partial charge in [0.1, 0.15) is 12.2 Å². The number of ether oxygens (including phenoxy) is 1. The van der Waals surface area contributed by atoms with Crippen LogP contribution in [0.2, 0.25) is 0 Å². The van der Waals surface area contributed by atoms with Gasteiger partial charge in [-0.2, -0.15) is 14.7 Å². The van der Waals surface area contributed by atoms with Gasteiger partial charge in [0.25, 0.3) is 0 Å². The summed E-state index contributed by atoms with van der Waals surface area (Å²) in [5.41, 5.74) is 1.26.